The average Bonchev–Trinajstić information content (AvgIpc) is 3.47. The maximum Gasteiger partial charge on any atom is 0.106 e. The van der Waals surface area contributed by atoms with Gasteiger partial charge in [-0.05, 0) is 73.6 Å². The molecule has 1 heterocycles. The Balaban J connectivity index is 0. The first-order chi connectivity index (χ1) is 38.5. The van der Waals surface area contributed by atoms with Gasteiger partial charge in [0, 0.05) is 415 Å². The zero-order valence-electron chi connectivity index (χ0n) is 38.6. The molecule has 3 nitrogen and oxygen atoms in total. The molecule has 3 rings (SSSR count). The monoisotopic (exact) mass is 1910 g/mol. The molecule has 1 aromatic heterocycles. The van der Waals surface area contributed by atoms with Crippen molar-refractivity contribution in [2.24, 2.45) is 0 Å². The molecule has 0 spiro atoms. The van der Waals surface area contributed by atoms with Crippen molar-refractivity contribution in [3.8, 4) is 0 Å². The summed E-state index contributed by atoms with van der Waals surface area (Å²) in [7, 11) is 72.9. The maximum atomic E-state index is 8.64. The Morgan fingerprint density at radius 2 is 0.692 bits per heavy atom. The molecule has 49 heteroatoms. The Kier molecular flexibility index (Phi) is 90.1. The van der Waals surface area contributed by atoms with Crippen LogP contribution in [0, 0.1) is 0 Å². The van der Waals surface area contributed by atoms with Gasteiger partial charge in [-0.25, -0.2) is 4.98 Å². The van der Waals surface area contributed by atoms with Gasteiger partial charge in [0.15, 0.2) is 0 Å². The van der Waals surface area contributed by atoms with Gasteiger partial charge in [0.2, 0.25) is 0 Å². The molecule has 2 unspecified atom stereocenters. The third-order valence-corrected chi connectivity index (χ3v) is 91.4. The molecule has 0 bridgehead atoms. The van der Waals surface area contributed by atoms with Crippen LogP contribution in [0.3, 0.4) is 0 Å². The smallest absolute Gasteiger partial charge is 0.106 e. The number of aliphatic hydroxyl groups excluding tert-OH is 2. The molecule has 0 saturated heterocycles. The van der Waals surface area contributed by atoms with Crippen molar-refractivity contribution in [1.29, 1.82) is 0 Å². The predicted octanol–water partition coefficient (Wildman–Crippen LogP) is 9.07. The lowest BCUT2D eigenvalue weighted by Crippen LogP contribution is -1.87. The van der Waals surface area contributed by atoms with Gasteiger partial charge < -0.3 is 10.2 Å². The number of nitrogens with zero attached hydrogens (tertiary/aromatic N) is 1. The Labute approximate surface area is 606 Å². The summed E-state index contributed by atoms with van der Waals surface area (Å²) in [5.74, 6) is 2.20. The number of hydrogen-bond donors (Lipinski definition) is 3. The van der Waals surface area contributed by atoms with E-state index in [1.165, 1.54) is 28.9 Å². The van der Waals surface area contributed by atoms with Gasteiger partial charge in [0.1, 0.15) is 5.03 Å². The first-order valence-corrected chi connectivity index (χ1v) is 76.3. The second-order valence-corrected chi connectivity index (χ2v) is 82.0. The molecule has 0 aliphatic heterocycles. The summed E-state index contributed by atoms with van der Waals surface area (Å²) < 4.78 is 0. The van der Waals surface area contributed by atoms with Gasteiger partial charge in [-0.1, -0.05) is 99.1 Å². The van der Waals surface area contributed by atoms with Gasteiger partial charge in [-0.15, -0.1) is 0 Å². The standard InChI is InChI=1S/C12H18OS2.C9H13NOS2.C8H10S.S39.S2/c1-11(12-7-3-2-4-8-12)15-14-10-6-5-9-13;11-7-3-4-8-12-13-9-5-1-2-6-10-9;1-7(9)8-5-3-2-4-6-8;1-3-5-7-9-11-13-15-17-19-21-23-25-27-29-31-33-35-37-39-38-36-34-32-30-28-26-24-22-20-18-16-14-12-10-8-6-4-2;1-2/h2-4,7-8,11,13H,5-6,9-10H2,1H3;1-2,5-6,11H,3-4,7-8H2;2-7,9H,1H3;;. The van der Waals surface area contributed by atoms with Crippen molar-refractivity contribution >= 4 is 429 Å². The van der Waals surface area contributed by atoms with Crippen molar-refractivity contribution in [2.75, 3.05) is 24.7 Å². The molecular weight excluding hydrogens is 1870 g/mol. The molecule has 2 aromatic carbocycles. The lowest BCUT2D eigenvalue weighted by Gasteiger charge is -2.10. The lowest BCUT2D eigenvalue weighted by molar-refractivity contribution is 0.287. The minimum Gasteiger partial charge on any atom is -0.396 e. The van der Waals surface area contributed by atoms with Gasteiger partial charge in [-0.3, -0.25) is 0 Å². The van der Waals surface area contributed by atoms with E-state index in [0.717, 1.165) is 42.2 Å². The van der Waals surface area contributed by atoms with Crippen LogP contribution in [0.25, 0.3) is 0 Å². The van der Waals surface area contributed by atoms with Gasteiger partial charge in [-0.2, -0.15) is 12.6 Å². The number of rotatable bonds is 14. The molecule has 450 valence electrons. The van der Waals surface area contributed by atoms with E-state index in [1.807, 2.05) is 262 Å². The zero-order chi connectivity index (χ0) is 57.1. The van der Waals surface area contributed by atoms with E-state index in [4.69, 9.17) is 32.6 Å². The second-order valence-electron chi connectivity index (χ2n) is 10.5. The Morgan fingerprint density at radius 3 is 0.962 bits per heavy atom. The Hall–Kier alpha value is 8.28. The summed E-state index contributed by atoms with van der Waals surface area (Å²) in [6.07, 6.45) is 5.80. The summed E-state index contributed by atoms with van der Waals surface area (Å²) in [6.45, 7) is 4.92. The number of thiol groups is 1. The van der Waals surface area contributed by atoms with Crippen molar-refractivity contribution in [3.63, 3.8) is 0 Å². The average molecular weight is 1910 g/mol. The fourth-order valence-electron chi connectivity index (χ4n) is 3.10. The molecule has 78 heavy (non-hydrogen) atoms. The molecule has 0 radical (unpaired) electrons. The van der Waals surface area contributed by atoms with Crippen molar-refractivity contribution in [3.05, 3.63) is 96.2 Å². The number of unbranched alkanes of at least 4 members (excludes halogenated alkanes) is 2. The van der Waals surface area contributed by atoms with Crippen LogP contribution in [0.4, 0.5) is 0 Å². The van der Waals surface area contributed by atoms with Crippen LogP contribution in [0.1, 0.15) is 61.2 Å². The molecule has 2 atom stereocenters. The normalized spacial score (nSPS) is 9.55. The lowest BCUT2D eigenvalue weighted by atomic mass is 10.2. The van der Waals surface area contributed by atoms with E-state index in [-0.39, 0.29) is 0 Å². The summed E-state index contributed by atoms with van der Waals surface area (Å²) in [5.41, 5.74) is 2.66. The first-order valence-electron chi connectivity index (χ1n) is 19.1. The molecule has 0 amide bonds. The van der Waals surface area contributed by atoms with Gasteiger partial charge in [0.25, 0.3) is 0 Å². The number of pyridine rings is 1. The van der Waals surface area contributed by atoms with Crippen molar-refractivity contribution < 1.29 is 10.2 Å². The highest BCUT2D eigenvalue weighted by atomic mass is 33.5. The minimum atomic E-state index is 0.300. The summed E-state index contributed by atoms with van der Waals surface area (Å²) in [4.78, 5) is 4.19. The summed E-state index contributed by atoms with van der Waals surface area (Å²) in [6, 6.07) is 26.7. The highest BCUT2D eigenvalue weighted by molar-refractivity contribution is 8.81. The second kappa shape index (κ2) is 79.5. The third-order valence-electron chi connectivity index (χ3n) is 5.82. The van der Waals surface area contributed by atoms with E-state index in [2.05, 4.69) is 96.3 Å². The maximum absolute atomic E-state index is 8.64. The third kappa shape index (κ3) is 71.7. The highest BCUT2D eigenvalue weighted by Gasteiger charge is 2.05. The molecule has 3 aromatic rings. The number of aliphatic hydroxyl groups is 2. The number of hydrogen-bond acceptors (Lipinski definition) is 12. The van der Waals surface area contributed by atoms with Crippen LogP contribution in [-0.2, 0) is 373 Å². The van der Waals surface area contributed by atoms with Crippen molar-refractivity contribution in [2.45, 2.75) is 55.1 Å². The molecule has 0 aliphatic carbocycles. The van der Waals surface area contributed by atoms with E-state index in [9.17, 15) is 0 Å². The van der Waals surface area contributed by atoms with Crippen LogP contribution in [0.5, 0.6) is 0 Å². The minimum absolute atomic E-state index is 0.300. The Morgan fingerprint density at radius 1 is 0.397 bits per heavy atom. The van der Waals surface area contributed by atoms with E-state index >= 15 is 0 Å². The number of aromatic nitrogens is 1. The van der Waals surface area contributed by atoms with Crippen LogP contribution in [0.2, 0.25) is 0 Å². The Bertz CT molecular complexity index is 3720. The van der Waals surface area contributed by atoms with Crippen LogP contribution >= 0.6 is 55.8 Å². The van der Waals surface area contributed by atoms with E-state index in [0.29, 0.717) is 23.7 Å². The van der Waals surface area contributed by atoms with Gasteiger partial charge >= 0.3 is 0 Å². The van der Waals surface area contributed by atoms with Crippen LogP contribution in [-0.4, -0.2) is 39.9 Å². The largest absolute Gasteiger partial charge is 0.396 e. The summed E-state index contributed by atoms with van der Waals surface area (Å²) in [5, 5.41) is 19.1. The quantitative estimate of drug-likeness (QED) is 0.0825. The molecular formula is C29H41NO2S46. The molecule has 0 fully saturated rings. The molecule has 0 aliphatic rings. The fourth-order valence-corrected chi connectivity index (χ4v) is 104. The van der Waals surface area contributed by atoms with Crippen LogP contribution in [0.15, 0.2) is 90.1 Å². The SMILES string of the molecule is CC(S)c1ccccc1.CC(SSCCCCO)c1ccccc1.OCCCCSSc1ccccn1.S=S.S=S=S=S=S=S=S=S=S=S=S=S=S=S=S=S=S=S=S=S=S=S=S=S=S=S=S=S=S=S=S=S=S=S=S=S=S=S=S. The van der Waals surface area contributed by atoms with E-state index in [1.54, 1.807) is 134 Å². The number of benzene rings is 2. The van der Waals surface area contributed by atoms with Gasteiger partial charge in [0.05, 0.1) is 0 Å². The first kappa shape index (κ1) is 88.3. The highest BCUT2D eigenvalue weighted by Crippen LogP contribution is 2.37. The fraction of sp³-hybridized carbons (Fsp3) is 0.414. The zero-order valence-corrected chi connectivity index (χ0v) is 76.2. The van der Waals surface area contributed by atoms with Crippen LogP contribution < -0.4 is 0 Å². The molecule has 2 N–H and O–H groups in total. The molecule has 0 saturated carbocycles. The summed E-state index contributed by atoms with van der Waals surface area (Å²) >= 11 is 21.2. The topological polar surface area (TPSA) is 53.4 Å². The van der Waals surface area contributed by atoms with E-state index < -0.39 is 0 Å². The van der Waals surface area contributed by atoms with Crippen molar-refractivity contribution in [1.82, 2.24) is 4.98 Å². The predicted molar refractivity (Wildman–Crippen MR) is 476 cm³/mol.